The van der Waals surface area contributed by atoms with Gasteiger partial charge in [0.15, 0.2) is 5.82 Å². The van der Waals surface area contributed by atoms with Crippen LogP contribution in [0.5, 0.6) is 0 Å². The molecule has 0 saturated heterocycles. The molecule has 0 amide bonds. The fourth-order valence-corrected chi connectivity index (χ4v) is 4.51. The number of hydrogen-bond donors (Lipinski definition) is 2. The van der Waals surface area contributed by atoms with Crippen LogP contribution in [-0.2, 0) is 0 Å². The number of nitrogens with zero attached hydrogens (tertiary/aromatic N) is 4. The molecule has 3 N–H and O–H groups in total. The second-order valence-electron chi connectivity index (χ2n) is 8.25. The molecule has 0 radical (unpaired) electrons. The summed E-state index contributed by atoms with van der Waals surface area (Å²) in [6.07, 6.45) is 4.23. The molecule has 0 aliphatic heterocycles. The van der Waals surface area contributed by atoms with E-state index < -0.39 is 5.82 Å². The molecule has 158 valence electrons. The molecule has 1 aliphatic rings. The number of nitrogen functional groups attached to an aromatic ring is 1. The maximum absolute atomic E-state index is 15.9. The summed E-state index contributed by atoms with van der Waals surface area (Å²) >= 11 is 0. The smallest absolute Gasteiger partial charge is 0.157 e. The van der Waals surface area contributed by atoms with E-state index >= 15 is 4.39 Å². The molecule has 1 fully saturated rings. The predicted molar refractivity (Wildman–Crippen MR) is 122 cm³/mol. The summed E-state index contributed by atoms with van der Waals surface area (Å²) in [5.74, 6) is -0.106. The Bertz CT molecular complexity index is 1470. The van der Waals surface area contributed by atoms with Crippen LogP contribution in [0, 0.1) is 5.82 Å². The first kappa shape index (κ1) is 18.9. The highest BCUT2D eigenvalue weighted by Gasteiger charge is 2.31. The molecule has 0 bridgehead atoms. The number of aliphatic hydroxyl groups is 1. The quantitative estimate of drug-likeness (QED) is 0.436. The van der Waals surface area contributed by atoms with Crippen molar-refractivity contribution in [1.82, 2.24) is 19.5 Å². The van der Waals surface area contributed by atoms with Crippen LogP contribution in [0.15, 0.2) is 67.1 Å². The van der Waals surface area contributed by atoms with Crippen molar-refractivity contribution in [3.05, 3.63) is 72.9 Å². The summed E-state index contributed by atoms with van der Waals surface area (Å²) in [4.78, 5) is 13.2. The van der Waals surface area contributed by atoms with E-state index in [4.69, 9.17) is 5.73 Å². The van der Waals surface area contributed by atoms with Crippen molar-refractivity contribution < 1.29 is 9.50 Å². The number of hydrogen-bond acceptors (Lipinski definition) is 5. The zero-order valence-electron chi connectivity index (χ0n) is 17.1. The van der Waals surface area contributed by atoms with E-state index in [1.54, 1.807) is 6.07 Å². The highest BCUT2D eigenvalue weighted by atomic mass is 19.1. The van der Waals surface area contributed by atoms with Crippen molar-refractivity contribution in [2.45, 2.75) is 25.0 Å². The van der Waals surface area contributed by atoms with Gasteiger partial charge in [-0.3, -0.25) is 0 Å². The van der Waals surface area contributed by atoms with Gasteiger partial charge in [0.2, 0.25) is 0 Å². The lowest BCUT2D eigenvalue weighted by Gasteiger charge is -2.32. The first-order valence-corrected chi connectivity index (χ1v) is 10.5. The van der Waals surface area contributed by atoms with Gasteiger partial charge in [-0.25, -0.2) is 19.3 Å². The monoisotopic (exact) mass is 425 g/mol. The van der Waals surface area contributed by atoms with E-state index in [1.165, 1.54) is 6.33 Å². The highest BCUT2D eigenvalue weighted by molar-refractivity contribution is 6.02. The molecule has 6 nitrogen and oxygen atoms in total. The Kier molecular flexibility index (Phi) is 4.19. The Morgan fingerprint density at radius 1 is 0.969 bits per heavy atom. The fraction of sp³-hybridized carbons (Fsp3) is 0.160. The molecule has 3 heterocycles. The molecule has 3 aromatic heterocycles. The number of pyridine rings is 1. The van der Waals surface area contributed by atoms with E-state index in [1.807, 2.05) is 59.3 Å². The SMILES string of the molecule is Nc1ncnc2c1c(-c1ccc3ccc(-c4ccccc4)nc3c1F)cn2C1CC(O)C1. The van der Waals surface area contributed by atoms with Crippen molar-refractivity contribution in [1.29, 1.82) is 0 Å². The topological polar surface area (TPSA) is 89.9 Å². The van der Waals surface area contributed by atoms with Crippen molar-refractivity contribution in [3.8, 4) is 22.4 Å². The number of aromatic nitrogens is 4. The van der Waals surface area contributed by atoms with E-state index in [2.05, 4.69) is 15.0 Å². The Hall–Kier alpha value is -3.84. The number of anilines is 1. The first-order valence-electron chi connectivity index (χ1n) is 10.5. The molecule has 0 unspecified atom stereocenters. The maximum Gasteiger partial charge on any atom is 0.157 e. The second-order valence-corrected chi connectivity index (χ2v) is 8.25. The Balaban J connectivity index is 1.56. The number of nitrogens with two attached hydrogens (primary N) is 1. The molecular formula is C25H20FN5O. The minimum Gasteiger partial charge on any atom is -0.393 e. The molecule has 6 rings (SSSR count). The van der Waals surface area contributed by atoms with Gasteiger partial charge in [0.1, 0.15) is 23.3 Å². The summed E-state index contributed by atoms with van der Waals surface area (Å²) in [6, 6.07) is 17.2. The summed E-state index contributed by atoms with van der Waals surface area (Å²) in [6.45, 7) is 0. The normalized spacial score (nSPS) is 18.2. The van der Waals surface area contributed by atoms with Gasteiger partial charge in [0, 0.05) is 34.3 Å². The number of aliphatic hydroxyl groups excluding tert-OH is 1. The molecular weight excluding hydrogens is 405 g/mol. The van der Waals surface area contributed by atoms with E-state index in [-0.39, 0.29) is 12.1 Å². The minimum absolute atomic E-state index is 0.0990. The predicted octanol–water partition coefficient (Wildman–Crippen LogP) is 4.73. The molecule has 1 aliphatic carbocycles. The van der Waals surface area contributed by atoms with Gasteiger partial charge in [-0.15, -0.1) is 0 Å². The third-order valence-corrected chi connectivity index (χ3v) is 6.28. The van der Waals surface area contributed by atoms with Crippen LogP contribution in [0.2, 0.25) is 0 Å². The van der Waals surface area contributed by atoms with Crippen molar-refractivity contribution >= 4 is 27.8 Å². The molecule has 5 aromatic rings. The maximum atomic E-state index is 15.9. The summed E-state index contributed by atoms with van der Waals surface area (Å²) < 4.78 is 17.9. The molecule has 7 heteroatoms. The van der Waals surface area contributed by atoms with Gasteiger partial charge in [-0.2, -0.15) is 0 Å². The number of benzene rings is 2. The lowest BCUT2D eigenvalue weighted by atomic mass is 9.89. The third kappa shape index (κ3) is 2.85. The Labute approximate surface area is 183 Å². The van der Waals surface area contributed by atoms with Gasteiger partial charge in [-0.05, 0) is 18.9 Å². The van der Waals surface area contributed by atoms with Crippen LogP contribution in [0.3, 0.4) is 0 Å². The first-order chi connectivity index (χ1) is 15.6. The van der Waals surface area contributed by atoms with Crippen LogP contribution in [0.25, 0.3) is 44.3 Å². The highest BCUT2D eigenvalue weighted by Crippen LogP contribution is 2.41. The molecule has 2 aromatic carbocycles. The van der Waals surface area contributed by atoms with Gasteiger partial charge >= 0.3 is 0 Å². The van der Waals surface area contributed by atoms with Gasteiger partial charge in [0.05, 0.1) is 17.2 Å². The van der Waals surface area contributed by atoms with Crippen molar-refractivity contribution in [2.24, 2.45) is 0 Å². The van der Waals surface area contributed by atoms with E-state index in [9.17, 15) is 5.11 Å². The second kappa shape index (κ2) is 7.10. The van der Waals surface area contributed by atoms with Crippen LogP contribution < -0.4 is 5.73 Å². The number of fused-ring (bicyclic) bond motifs is 2. The summed E-state index contributed by atoms with van der Waals surface area (Å²) in [5.41, 5.74) is 9.83. The molecule has 0 atom stereocenters. The lowest BCUT2D eigenvalue weighted by Crippen LogP contribution is -2.30. The summed E-state index contributed by atoms with van der Waals surface area (Å²) in [5, 5.41) is 11.1. The largest absolute Gasteiger partial charge is 0.393 e. The van der Waals surface area contributed by atoms with E-state index in [0.717, 1.165) is 10.9 Å². The fourth-order valence-electron chi connectivity index (χ4n) is 4.51. The van der Waals surface area contributed by atoms with Crippen LogP contribution in [0.1, 0.15) is 18.9 Å². The van der Waals surface area contributed by atoms with Gasteiger partial charge < -0.3 is 15.4 Å². The standard InChI is InChI=1S/C25H20FN5O/c26-22-18(8-6-15-7-9-20(30-23(15)22)14-4-2-1-3-5-14)19-12-31(16-10-17(32)11-16)25-21(19)24(27)28-13-29-25/h1-9,12-13,16-17,32H,10-11H2,(H2,27,28,29). The zero-order valence-corrected chi connectivity index (χ0v) is 17.1. The number of halogens is 1. The van der Waals surface area contributed by atoms with Gasteiger partial charge in [0.25, 0.3) is 0 Å². The average Bonchev–Trinajstić information content (AvgIpc) is 3.18. The van der Waals surface area contributed by atoms with Crippen molar-refractivity contribution in [2.75, 3.05) is 5.73 Å². The minimum atomic E-state index is -0.406. The van der Waals surface area contributed by atoms with Crippen LogP contribution in [-0.4, -0.2) is 30.7 Å². The zero-order chi connectivity index (χ0) is 21.8. The molecule has 0 spiro atoms. The Morgan fingerprint density at radius 3 is 2.53 bits per heavy atom. The Morgan fingerprint density at radius 2 is 1.75 bits per heavy atom. The van der Waals surface area contributed by atoms with Crippen LogP contribution >= 0.6 is 0 Å². The molecule has 32 heavy (non-hydrogen) atoms. The lowest BCUT2D eigenvalue weighted by molar-refractivity contribution is 0.0501. The van der Waals surface area contributed by atoms with Crippen molar-refractivity contribution in [3.63, 3.8) is 0 Å². The average molecular weight is 425 g/mol. The van der Waals surface area contributed by atoms with Gasteiger partial charge in [-0.1, -0.05) is 48.5 Å². The number of rotatable bonds is 3. The van der Waals surface area contributed by atoms with E-state index in [0.29, 0.717) is 52.0 Å². The van der Waals surface area contributed by atoms with Crippen LogP contribution in [0.4, 0.5) is 10.2 Å². The molecule has 1 saturated carbocycles. The summed E-state index contributed by atoms with van der Waals surface area (Å²) in [7, 11) is 0. The third-order valence-electron chi connectivity index (χ3n) is 6.28.